The van der Waals surface area contributed by atoms with Crippen molar-refractivity contribution in [2.75, 3.05) is 57.0 Å². The van der Waals surface area contributed by atoms with Crippen molar-refractivity contribution in [1.82, 2.24) is 10.6 Å². The van der Waals surface area contributed by atoms with Crippen LogP contribution >= 0.6 is 11.6 Å². The first-order valence-electron chi connectivity index (χ1n) is 12.9. The van der Waals surface area contributed by atoms with Gasteiger partial charge in [0, 0.05) is 12.6 Å². The second-order valence-corrected chi connectivity index (χ2v) is 9.10. The molecule has 0 heterocycles. The number of anilines is 2. The fourth-order valence-electron chi connectivity index (χ4n) is 3.65. The van der Waals surface area contributed by atoms with Gasteiger partial charge in [-0.15, -0.1) is 0 Å². The number of nitrogens with two attached hydrogens (primary N) is 1. The first-order chi connectivity index (χ1) is 19.3. The van der Waals surface area contributed by atoms with Crippen molar-refractivity contribution in [2.24, 2.45) is 5.73 Å². The highest BCUT2D eigenvalue weighted by atomic mass is 35.5. The summed E-state index contributed by atoms with van der Waals surface area (Å²) in [5.74, 6) is -1.58. The van der Waals surface area contributed by atoms with Crippen molar-refractivity contribution in [3.05, 3.63) is 62.4 Å². The van der Waals surface area contributed by atoms with Gasteiger partial charge in [0.25, 0.3) is 5.69 Å². The molecule has 2 aromatic rings. The van der Waals surface area contributed by atoms with E-state index in [-0.39, 0.29) is 33.2 Å². The van der Waals surface area contributed by atoms with Crippen molar-refractivity contribution < 1.29 is 28.4 Å². The number of hydrogen-bond acceptors (Lipinski definition) is 10. The molecule has 12 nitrogen and oxygen atoms in total. The lowest BCUT2D eigenvalue weighted by molar-refractivity contribution is -0.385. The van der Waals surface area contributed by atoms with Crippen molar-refractivity contribution in [1.29, 1.82) is 0 Å². The normalized spacial score (nSPS) is 10.7. The second-order valence-electron chi connectivity index (χ2n) is 8.69. The van der Waals surface area contributed by atoms with Crippen LogP contribution in [-0.4, -0.2) is 63.4 Å². The van der Waals surface area contributed by atoms with E-state index in [1.54, 1.807) is 0 Å². The van der Waals surface area contributed by atoms with Crippen LogP contribution in [0.15, 0.2) is 30.3 Å². The topological polar surface area (TPSA) is 170 Å². The monoisotopic (exact) mass is 582 g/mol. The Hall–Kier alpha value is -3.52. The summed E-state index contributed by atoms with van der Waals surface area (Å²) in [4.78, 5) is 35.3. The molecule has 0 spiro atoms. The smallest absolute Gasteiger partial charge is 0.411 e. The largest absolute Gasteiger partial charge is 0.465 e. The molecule has 0 aliphatic carbocycles. The van der Waals surface area contributed by atoms with Crippen molar-refractivity contribution in [2.45, 2.75) is 32.3 Å². The molecule has 0 aliphatic rings. The molecule has 0 radical (unpaired) electrons. The molecule has 0 saturated carbocycles. The molecule has 0 aliphatic heterocycles. The molecular formula is C26H36ClFN6O6. The Kier molecular flexibility index (Phi) is 14.7. The highest BCUT2D eigenvalue weighted by Crippen LogP contribution is 2.28. The maximum absolute atomic E-state index is 14.7. The summed E-state index contributed by atoms with van der Waals surface area (Å²) in [6, 6.07) is 6.27. The number of carbonyl (C=O) groups excluding carboxylic acids is 2. The predicted octanol–water partition coefficient (Wildman–Crippen LogP) is 4.03. The number of rotatable bonds is 18. The van der Waals surface area contributed by atoms with Gasteiger partial charge >= 0.3 is 12.1 Å². The van der Waals surface area contributed by atoms with Crippen molar-refractivity contribution >= 4 is 40.7 Å². The number of nitro benzene ring substituents is 1. The first kappa shape index (κ1) is 32.7. The van der Waals surface area contributed by atoms with Crippen LogP contribution in [0.3, 0.4) is 0 Å². The average molecular weight is 583 g/mol. The number of amides is 1. The lowest BCUT2D eigenvalue weighted by Gasteiger charge is -2.15. The SMILES string of the molecule is COC(=O)c1cc(F)c(NCCCNCCCCNCCCN)cc1NC(=O)OCc1c(Cl)cccc1[N+](=O)[O-]. The Balaban J connectivity index is 1.90. The van der Waals surface area contributed by atoms with Crippen LogP contribution in [0.4, 0.5) is 26.2 Å². The molecule has 0 bridgehead atoms. The van der Waals surface area contributed by atoms with Gasteiger partial charge < -0.3 is 31.2 Å². The molecule has 0 fully saturated rings. The number of nitrogens with zero attached hydrogens (tertiary/aromatic N) is 1. The Morgan fingerprint density at radius 2 is 1.70 bits per heavy atom. The van der Waals surface area contributed by atoms with Crippen molar-refractivity contribution in [3.8, 4) is 0 Å². The zero-order valence-electron chi connectivity index (χ0n) is 22.4. The molecule has 2 rings (SSSR count). The Labute approximate surface area is 237 Å². The maximum atomic E-state index is 14.7. The Morgan fingerprint density at radius 3 is 2.35 bits per heavy atom. The number of halogens is 2. The molecule has 0 saturated heterocycles. The fourth-order valence-corrected chi connectivity index (χ4v) is 3.87. The van der Waals surface area contributed by atoms with Gasteiger partial charge in [-0.05, 0) is 76.6 Å². The molecule has 0 unspecified atom stereocenters. The Morgan fingerprint density at radius 1 is 1.02 bits per heavy atom. The summed E-state index contributed by atoms with van der Waals surface area (Å²) >= 11 is 6.03. The summed E-state index contributed by atoms with van der Waals surface area (Å²) in [7, 11) is 1.12. The predicted molar refractivity (Wildman–Crippen MR) is 151 cm³/mol. The van der Waals surface area contributed by atoms with E-state index < -0.39 is 29.4 Å². The number of benzene rings is 2. The van der Waals surface area contributed by atoms with E-state index in [9.17, 15) is 24.1 Å². The standard InChI is InChI=1S/C26H36ClFN6O6/c1-39-25(35)18-15-21(28)23(32-14-6-13-31-11-3-2-10-30-12-5-9-29)16-22(18)33-26(36)40-17-19-20(27)7-4-8-24(19)34(37)38/h4,7-8,15-16,30-32H,2-3,5-6,9-14,17,29H2,1H3,(H,33,36). The number of ether oxygens (including phenoxy) is 2. The van der Waals surface area contributed by atoms with E-state index in [0.717, 1.165) is 58.6 Å². The minimum atomic E-state index is -1.03. The van der Waals surface area contributed by atoms with Gasteiger partial charge in [-0.2, -0.15) is 0 Å². The molecule has 14 heteroatoms. The average Bonchev–Trinajstić information content (AvgIpc) is 2.93. The summed E-state index contributed by atoms with van der Waals surface area (Å²) in [6.45, 7) is 4.09. The number of esters is 1. The highest BCUT2D eigenvalue weighted by Gasteiger charge is 2.21. The van der Waals surface area contributed by atoms with E-state index in [2.05, 4.69) is 21.3 Å². The van der Waals surface area contributed by atoms with Gasteiger partial charge in [-0.25, -0.2) is 14.0 Å². The number of unbranched alkanes of at least 4 members (excludes halogenated alkanes) is 1. The van der Waals surface area contributed by atoms with Gasteiger partial charge in [0.2, 0.25) is 0 Å². The van der Waals surface area contributed by atoms with Crippen LogP contribution in [0, 0.1) is 15.9 Å². The van der Waals surface area contributed by atoms with Crippen LogP contribution in [0.2, 0.25) is 5.02 Å². The summed E-state index contributed by atoms with van der Waals surface area (Å²) in [5.41, 5.74) is 4.92. The highest BCUT2D eigenvalue weighted by molar-refractivity contribution is 6.31. The van der Waals surface area contributed by atoms with E-state index in [1.165, 1.54) is 24.3 Å². The number of nitro groups is 1. The van der Waals surface area contributed by atoms with Crippen LogP contribution < -0.4 is 27.0 Å². The van der Waals surface area contributed by atoms with Gasteiger partial charge in [-0.1, -0.05) is 17.7 Å². The van der Waals surface area contributed by atoms with Crippen molar-refractivity contribution in [3.63, 3.8) is 0 Å². The number of methoxy groups -OCH3 is 1. The third-order valence-electron chi connectivity index (χ3n) is 5.75. The third-order valence-corrected chi connectivity index (χ3v) is 6.10. The van der Waals surface area contributed by atoms with Crippen LogP contribution in [0.5, 0.6) is 0 Å². The maximum Gasteiger partial charge on any atom is 0.411 e. The minimum Gasteiger partial charge on any atom is -0.465 e. The third kappa shape index (κ3) is 10.9. The van der Waals surface area contributed by atoms with E-state index in [4.69, 9.17) is 26.8 Å². The van der Waals surface area contributed by atoms with Gasteiger partial charge in [-0.3, -0.25) is 15.4 Å². The van der Waals surface area contributed by atoms with Crippen LogP contribution in [0.25, 0.3) is 0 Å². The van der Waals surface area contributed by atoms with E-state index in [1.807, 2.05) is 0 Å². The lowest BCUT2D eigenvalue weighted by atomic mass is 10.1. The van der Waals surface area contributed by atoms with Gasteiger partial charge in [0.1, 0.15) is 12.4 Å². The van der Waals surface area contributed by atoms with E-state index in [0.29, 0.717) is 19.5 Å². The second kappa shape index (κ2) is 17.9. The summed E-state index contributed by atoms with van der Waals surface area (Å²) in [6.07, 6.45) is 2.72. The molecule has 1 amide bonds. The zero-order valence-corrected chi connectivity index (χ0v) is 23.2. The minimum absolute atomic E-state index is 0.00626. The number of nitrogens with one attached hydrogen (secondary N) is 4. The first-order valence-corrected chi connectivity index (χ1v) is 13.3. The molecular weight excluding hydrogens is 547 g/mol. The Bertz CT molecular complexity index is 1140. The van der Waals surface area contributed by atoms with Crippen LogP contribution in [-0.2, 0) is 16.1 Å². The van der Waals surface area contributed by atoms with Gasteiger partial charge in [0.05, 0.1) is 39.6 Å². The number of carbonyl (C=O) groups is 2. The van der Waals surface area contributed by atoms with Gasteiger partial charge in [0.15, 0.2) is 0 Å². The molecule has 0 aromatic heterocycles. The molecule has 2 aromatic carbocycles. The summed E-state index contributed by atoms with van der Waals surface area (Å²) in [5, 5.41) is 23.3. The zero-order chi connectivity index (χ0) is 29.3. The van der Waals surface area contributed by atoms with E-state index >= 15 is 0 Å². The molecule has 220 valence electrons. The molecule has 40 heavy (non-hydrogen) atoms. The number of hydrogen-bond donors (Lipinski definition) is 5. The lowest BCUT2D eigenvalue weighted by Crippen LogP contribution is -2.22. The van der Waals surface area contributed by atoms with Crippen LogP contribution in [0.1, 0.15) is 41.6 Å². The molecule has 0 atom stereocenters. The summed E-state index contributed by atoms with van der Waals surface area (Å²) < 4.78 is 24.5. The quantitative estimate of drug-likeness (QED) is 0.0748. The fraction of sp³-hybridized carbons (Fsp3) is 0.462. The molecule has 6 N–H and O–H groups in total.